The Morgan fingerprint density at radius 3 is 2.55 bits per heavy atom. The molecule has 2 fully saturated rings. The molecule has 1 aliphatic heterocycles. The number of anilines is 2. The van der Waals surface area contributed by atoms with Crippen molar-refractivity contribution in [3.8, 4) is 5.75 Å². The fraction of sp³-hybridized carbons (Fsp3) is 0.360. The van der Waals surface area contributed by atoms with Crippen LogP contribution in [0.4, 0.5) is 11.4 Å². The minimum atomic E-state index is -0.401. The number of amides is 2. The summed E-state index contributed by atoms with van der Waals surface area (Å²) in [4.78, 5) is 25.8. The van der Waals surface area contributed by atoms with Crippen LogP contribution >= 0.6 is 0 Å². The molecule has 2 amide bonds. The van der Waals surface area contributed by atoms with Gasteiger partial charge in [0.05, 0.1) is 12.5 Å². The van der Waals surface area contributed by atoms with Crippen LogP contribution in [-0.4, -0.2) is 31.0 Å². The SMILES string of the molecule is COc1c(C(=O)Nc2ccc(C)cc2)oc2ccc(NC(=O)C3NNC4CCCCC43)cc12. The van der Waals surface area contributed by atoms with Gasteiger partial charge in [0, 0.05) is 23.3 Å². The van der Waals surface area contributed by atoms with Crippen molar-refractivity contribution < 1.29 is 18.7 Å². The lowest BCUT2D eigenvalue weighted by Gasteiger charge is -2.26. The summed E-state index contributed by atoms with van der Waals surface area (Å²) in [6, 6.07) is 12.9. The zero-order chi connectivity index (χ0) is 22.9. The lowest BCUT2D eigenvalue weighted by Crippen LogP contribution is -2.42. The number of carbonyl (C=O) groups is 2. The van der Waals surface area contributed by atoms with E-state index in [4.69, 9.17) is 9.15 Å². The summed E-state index contributed by atoms with van der Waals surface area (Å²) in [6.45, 7) is 1.98. The Hall–Kier alpha value is -3.36. The van der Waals surface area contributed by atoms with Gasteiger partial charge >= 0.3 is 0 Å². The first-order valence-corrected chi connectivity index (χ1v) is 11.3. The van der Waals surface area contributed by atoms with Gasteiger partial charge in [0.15, 0.2) is 5.75 Å². The van der Waals surface area contributed by atoms with Crippen LogP contribution in [0.25, 0.3) is 11.0 Å². The summed E-state index contributed by atoms with van der Waals surface area (Å²) in [6.07, 6.45) is 4.48. The van der Waals surface area contributed by atoms with Crippen molar-refractivity contribution in [3.05, 3.63) is 53.8 Å². The Bertz CT molecular complexity index is 1190. The van der Waals surface area contributed by atoms with Gasteiger partial charge in [0.2, 0.25) is 11.7 Å². The Morgan fingerprint density at radius 2 is 1.76 bits per heavy atom. The Balaban J connectivity index is 1.36. The first-order chi connectivity index (χ1) is 16.0. The number of rotatable bonds is 5. The Morgan fingerprint density at radius 1 is 1.00 bits per heavy atom. The van der Waals surface area contributed by atoms with Crippen LogP contribution < -0.4 is 26.2 Å². The molecule has 3 unspecified atom stereocenters. The van der Waals surface area contributed by atoms with E-state index in [9.17, 15) is 9.59 Å². The number of carbonyl (C=O) groups excluding carboxylic acids is 2. The molecule has 0 spiro atoms. The monoisotopic (exact) mass is 448 g/mol. The lowest BCUT2D eigenvalue weighted by atomic mass is 9.81. The third-order valence-corrected chi connectivity index (χ3v) is 6.58. The number of ether oxygens (including phenoxy) is 1. The molecular formula is C25H28N4O4. The molecule has 1 aromatic heterocycles. The highest BCUT2D eigenvalue weighted by Gasteiger charge is 2.41. The molecule has 0 radical (unpaired) electrons. The summed E-state index contributed by atoms with van der Waals surface area (Å²) in [5.74, 6) is 0.239. The molecular weight excluding hydrogens is 420 g/mol. The second-order valence-corrected chi connectivity index (χ2v) is 8.81. The highest BCUT2D eigenvalue weighted by molar-refractivity contribution is 6.09. The molecule has 3 aromatic rings. The van der Waals surface area contributed by atoms with Crippen molar-refractivity contribution in [1.29, 1.82) is 0 Å². The molecule has 1 saturated heterocycles. The fourth-order valence-corrected chi connectivity index (χ4v) is 4.85. The molecule has 8 nitrogen and oxygen atoms in total. The Labute approximate surface area is 192 Å². The number of hydrazine groups is 1. The van der Waals surface area contributed by atoms with E-state index in [0.29, 0.717) is 40.1 Å². The molecule has 4 N–H and O–H groups in total. The van der Waals surface area contributed by atoms with Crippen LogP contribution in [0.1, 0.15) is 41.8 Å². The van der Waals surface area contributed by atoms with Crippen molar-refractivity contribution in [3.63, 3.8) is 0 Å². The lowest BCUT2D eigenvalue weighted by molar-refractivity contribution is -0.118. The molecule has 1 aliphatic carbocycles. The summed E-state index contributed by atoms with van der Waals surface area (Å²) in [7, 11) is 1.50. The molecule has 33 heavy (non-hydrogen) atoms. The van der Waals surface area contributed by atoms with Crippen molar-refractivity contribution in [1.82, 2.24) is 10.9 Å². The van der Waals surface area contributed by atoms with Gasteiger partial charge in [-0.3, -0.25) is 15.0 Å². The second-order valence-electron chi connectivity index (χ2n) is 8.81. The Kier molecular flexibility index (Phi) is 5.78. The number of benzene rings is 2. The first-order valence-electron chi connectivity index (χ1n) is 11.3. The summed E-state index contributed by atoms with van der Waals surface area (Å²) < 4.78 is 11.3. The largest absolute Gasteiger partial charge is 0.492 e. The van der Waals surface area contributed by atoms with Crippen LogP contribution in [0, 0.1) is 12.8 Å². The van der Waals surface area contributed by atoms with Crippen LogP contribution in [0.5, 0.6) is 5.75 Å². The van der Waals surface area contributed by atoms with Gasteiger partial charge in [-0.15, -0.1) is 0 Å². The number of nitrogens with one attached hydrogen (secondary N) is 4. The predicted octanol–water partition coefficient (Wildman–Crippen LogP) is 3.98. The normalized spacial score (nSPS) is 22.1. The van der Waals surface area contributed by atoms with E-state index >= 15 is 0 Å². The smallest absolute Gasteiger partial charge is 0.295 e. The second kappa shape index (κ2) is 8.88. The van der Waals surface area contributed by atoms with Gasteiger partial charge in [-0.25, -0.2) is 5.43 Å². The number of fused-ring (bicyclic) bond motifs is 2. The number of furan rings is 1. The summed E-state index contributed by atoms with van der Waals surface area (Å²) in [5.41, 5.74) is 9.34. The molecule has 172 valence electrons. The third kappa shape index (κ3) is 4.19. The molecule has 5 rings (SSSR count). The van der Waals surface area contributed by atoms with Gasteiger partial charge in [0.1, 0.15) is 11.6 Å². The van der Waals surface area contributed by atoms with Gasteiger partial charge in [-0.05, 0) is 50.1 Å². The van der Waals surface area contributed by atoms with Crippen molar-refractivity contribution in [2.45, 2.75) is 44.7 Å². The minimum absolute atomic E-state index is 0.0731. The van der Waals surface area contributed by atoms with E-state index in [-0.39, 0.29) is 17.7 Å². The number of methoxy groups -OCH3 is 1. The maximum absolute atomic E-state index is 13.0. The maximum Gasteiger partial charge on any atom is 0.295 e. The minimum Gasteiger partial charge on any atom is -0.492 e. The maximum atomic E-state index is 13.0. The van der Waals surface area contributed by atoms with E-state index in [2.05, 4.69) is 21.5 Å². The predicted molar refractivity (Wildman–Crippen MR) is 126 cm³/mol. The van der Waals surface area contributed by atoms with E-state index < -0.39 is 5.91 Å². The van der Waals surface area contributed by atoms with Gasteiger partial charge in [0.25, 0.3) is 5.91 Å². The average molecular weight is 449 g/mol. The third-order valence-electron chi connectivity index (χ3n) is 6.58. The molecule has 2 aliphatic rings. The average Bonchev–Trinajstić information content (AvgIpc) is 3.42. The van der Waals surface area contributed by atoms with Crippen LogP contribution in [0.3, 0.4) is 0 Å². The van der Waals surface area contributed by atoms with Crippen LogP contribution in [0.2, 0.25) is 0 Å². The van der Waals surface area contributed by atoms with Crippen molar-refractivity contribution in [2.75, 3.05) is 17.7 Å². The highest BCUT2D eigenvalue weighted by Crippen LogP contribution is 2.36. The summed E-state index contributed by atoms with van der Waals surface area (Å²) in [5, 5.41) is 6.46. The van der Waals surface area contributed by atoms with Gasteiger partial charge < -0.3 is 19.8 Å². The van der Waals surface area contributed by atoms with Crippen molar-refractivity contribution in [2.24, 2.45) is 5.92 Å². The zero-order valence-electron chi connectivity index (χ0n) is 18.7. The van der Waals surface area contributed by atoms with Gasteiger partial charge in [-0.2, -0.15) is 0 Å². The highest BCUT2D eigenvalue weighted by atomic mass is 16.5. The molecule has 1 saturated carbocycles. The summed E-state index contributed by atoms with van der Waals surface area (Å²) >= 11 is 0. The number of aryl methyl sites for hydroxylation is 1. The van der Waals surface area contributed by atoms with Gasteiger partial charge in [-0.1, -0.05) is 30.5 Å². The molecule has 8 heteroatoms. The number of hydrogen-bond acceptors (Lipinski definition) is 6. The molecule has 2 aromatic carbocycles. The topological polar surface area (TPSA) is 105 Å². The number of hydrogen-bond donors (Lipinski definition) is 4. The van der Waals surface area contributed by atoms with E-state index in [0.717, 1.165) is 24.8 Å². The van der Waals surface area contributed by atoms with Crippen molar-refractivity contribution >= 4 is 34.2 Å². The standard InChI is InChI=1S/C25H28N4O4/c1-14-7-9-15(10-8-14)26-25(31)23-22(32-2)18-13-16(11-12-20(18)33-23)27-24(30)21-17-5-3-4-6-19(17)28-29-21/h7-13,17,19,21,28-29H,3-6H2,1-2H3,(H,26,31)(H,27,30). The zero-order valence-corrected chi connectivity index (χ0v) is 18.7. The first kappa shape index (κ1) is 21.5. The van der Waals surface area contributed by atoms with Crippen LogP contribution in [0.15, 0.2) is 46.9 Å². The quantitative estimate of drug-likeness (QED) is 0.471. The van der Waals surface area contributed by atoms with Crippen LogP contribution in [-0.2, 0) is 4.79 Å². The molecule has 2 heterocycles. The fourth-order valence-electron chi connectivity index (χ4n) is 4.85. The molecule has 3 atom stereocenters. The van der Waals surface area contributed by atoms with E-state index in [1.54, 1.807) is 18.2 Å². The molecule has 0 bridgehead atoms. The van der Waals surface area contributed by atoms with E-state index in [1.165, 1.54) is 13.5 Å². The van der Waals surface area contributed by atoms with E-state index in [1.807, 2.05) is 31.2 Å².